The molecule has 25 heavy (non-hydrogen) atoms. The number of ether oxygens (including phenoxy) is 1. The van der Waals surface area contributed by atoms with E-state index >= 15 is 0 Å². The molecule has 1 nitrogen and oxygen atoms in total. The first-order chi connectivity index (χ1) is 12.2. The zero-order valence-corrected chi connectivity index (χ0v) is 16.3. The van der Waals surface area contributed by atoms with E-state index in [0.717, 1.165) is 18.8 Å². The van der Waals surface area contributed by atoms with Crippen molar-refractivity contribution in [1.82, 2.24) is 0 Å². The highest BCUT2D eigenvalue weighted by atomic mass is 16.5. The van der Waals surface area contributed by atoms with Crippen LogP contribution in [0.2, 0.25) is 0 Å². The van der Waals surface area contributed by atoms with Crippen LogP contribution in [0.1, 0.15) is 67.3 Å². The van der Waals surface area contributed by atoms with Gasteiger partial charge in [-0.05, 0) is 67.0 Å². The summed E-state index contributed by atoms with van der Waals surface area (Å²) in [5, 5.41) is 0. The van der Waals surface area contributed by atoms with Crippen LogP contribution in [0.5, 0.6) is 5.75 Å². The summed E-state index contributed by atoms with van der Waals surface area (Å²) < 4.78 is 5.81. The Labute approximate surface area is 153 Å². The Morgan fingerprint density at radius 3 is 2.24 bits per heavy atom. The molecule has 0 aliphatic carbocycles. The van der Waals surface area contributed by atoms with Crippen molar-refractivity contribution in [3.05, 3.63) is 64.2 Å². The van der Waals surface area contributed by atoms with Crippen molar-refractivity contribution in [2.45, 2.75) is 59.8 Å². The minimum atomic E-state index is 0.778. The minimum absolute atomic E-state index is 0.778. The lowest BCUT2D eigenvalue weighted by atomic mass is 10.0. The fourth-order valence-corrected chi connectivity index (χ4v) is 2.93. The Hall–Kier alpha value is -2.02. The average Bonchev–Trinajstić information content (AvgIpc) is 2.63. The second-order valence-corrected chi connectivity index (χ2v) is 6.78. The predicted octanol–water partition coefficient (Wildman–Crippen LogP) is 7.00. The van der Waals surface area contributed by atoms with Crippen molar-refractivity contribution in [3.63, 3.8) is 0 Å². The van der Waals surface area contributed by atoms with Crippen LogP contribution in [0, 0.1) is 13.8 Å². The molecular formula is C24H32O. The van der Waals surface area contributed by atoms with E-state index in [2.05, 4.69) is 76.2 Å². The standard InChI is InChI=1S/C24H32O/c1-5-7-8-9-21-10-12-22(13-11-21)14-15-23-16-17-24(25-18-6-2)20(4)19(23)3/h10-17H,5-9,18H2,1-4H3. The minimum Gasteiger partial charge on any atom is -0.493 e. The van der Waals surface area contributed by atoms with Crippen molar-refractivity contribution in [1.29, 1.82) is 0 Å². The van der Waals surface area contributed by atoms with Crippen LogP contribution in [0.4, 0.5) is 0 Å². The van der Waals surface area contributed by atoms with E-state index in [4.69, 9.17) is 4.74 Å². The van der Waals surface area contributed by atoms with Gasteiger partial charge in [0, 0.05) is 0 Å². The average molecular weight is 337 g/mol. The first-order valence-electron chi connectivity index (χ1n) is 9.65. The third kappa shape index (κ3) is 5.77. The third-order valence-corrected chi connectivity index (χ3v) is 4.75. The maximum absolute atomic E-state index is 5.81. The Bertz CT molecular complexity index is 680. The molecule has 0 saturated carbocycles. The zero-order valence-electron chi connectivity index (χ0n) is 16.3. The van der Waals surface area contributed by atoms with Crippen LogP contribution in [-0.2, 0) is 6.42 Å². The van der Waals surface area contributed by atoms with Crippen molar-refractivity contribution in [2.24, 2.45) is 0 Å². The van der Waals surface area contributed by atoms with E-state index in [1.165, 1.54) is 53.5 Å². The van der Waals surface area contributed by atoms with Gasteiger partial charge in [0.05, 0.1) is 6.61 Å². The monoisotopic (exact) mass is 336 g/mol. The molecule has 134 valence electrons. The van der Waals surface area contributed by atoms with E-state index in [0.29, 0.717) is 0 Å². The van der Waals surface area contributed by atoms with E-state index < -0.39 is 0 Å². The Morgan fingerprint density at radius 2 is 1.56 bits per heavy atom. The van der Waals surface area contributed by atoms with Gasteiger partial charge < -0.3 is 4.74 Å². The maximum atomic E-state index is 5.81. The van der Waals surface area contributed by atoms with Gasteiger partial charge in [0.2, 0.25) is 0 Å². The molecule has 2 aromatic carbocycles. The van der Waals surface area contributed by atoms with Gasteiger partial charge in [-0.15, -0.1) is 0 Å². The summed E-state index contributed by atoms with van der Waals surface area (Å²) in [6, 6.07) is 13.2. The zero-order chi connectivity index (χ0) is 18.1. The number of hydrogen-bond acceptors (Lipinski definition) is 1. The second-order valence-electron chi connectivity index (χ2n) is 6.78. The predicted molar refractivity (Wildman–Crippen MR) is 110 cm³/mol. The van der Waals surface area contributed by atoms with E-state index in [9.17, 15) is 0 Å². The highest BCUT2D eigenvalue weighted by Crippen LogP contribution is 2.26. The van der Waals surface area contributed by atoms with E-state index in [-0.39, 0.29) is 0 Å². The van der Waals surface area contributed by atoms with Gasteiger partial charge in [-0.2, -0.15) is 0 Å². The normalized spacial score (nSPS) is 11.2. The molecule has 1 heteroatoms. The number of unbranched alkanes of at least 4 members (excludes halogenated alkanes) is 2. The molecule has 0 spiro atoms. The number of hydrogen-bond donors (Lipinski definition) is 0. The molecule has 0 unspecified atom stereocenters. The molecule has 0 fully saturated rings. The smallest absolute Gasteiger partial charge is 0.122 e. The van der Waals surface area contributed by atoms with Crippen LogP contribution >= 0.6 is 0 Å². The number of aryl methyl sites for hydroxylation is 1. The molecule has 0 heterocycles. The molecule has 0 amide bonds. The molecule has 0 bridgehead atoms. The van der Waals surface area contributed by atoms with Gasteiger partial charge in [-0.25, -0.2) is 0 Å². The Morgan fingerprint density at radius 1 is 0.800 bits per heavy atom. The largest absolute Gasteiger partial charge is 0.493 e. The molecule has 0 N–H and O–H groups in total. The highest BCUT2D eigenvalue weighted by Gasteiger charge is 2.05. The molecule has 0 aliphatic heterocycles. The number of rotatable bonds is 9. The van der Waals surface area contributed by atoms with Crippen molar-refractivity contribution in [2.75, 3.05) is 6.61 Å². The van der Waals surface area contributed by atoms with E-state index in [1.807, 2.05) is 0 Å². The summed E-state index contributed by atoms with van der Waals surface area (Å²) in [6.45, 7) is 9.47. The summed E-state index contributed by atoms with van der Waals surface area (Å²) in [5.74, 6) is 1.01. The van der Waals surface area contributed by atoms with Crippen LogP contribution in [0.25, 0.3) is 12.2 Å². The summed E-state index contributed by atoms with van der Waals surface area (Å²) in [7, 11) is 0. The SMILES string of the molecule is CCCCCc1ccc(C=Cc2ccc(OCCC)c(C)c2C)cc1. The first-order valence-corrected chi connectivity index (χ1v) is 9.65. The molecular weight excluding hydrogens is 304 g/mol. The second kappa shape index (κ2) is 10.1. The van der Waals surface area contributed by atoms with Crippen molar-refractivity contribution >= 4 is 12.2 Å². The van der Waals surface area contributed by atoms with Crippen LogP contribution in [0.15, 0.2) is 36.4 Å². The van der Waals surface area contributed by atoms with Gasteiger partial charge in [0.15, 0.2) is 0 Å². The Balaban J connectivity index is 2.04. The lowest BCUT2D eigenvalue weighted by molar-refractivity contribution is 0.315. The molecule has 0 radical (unpaired) electrons. The molecule has 2 aromatic rings. The molecule has 0 saturated heterocycles. The van der Waals surface area contributed by atoms with Gasteiger partial charge >= 0.3 is 0 Å². The maximum Gasteiger partial charge on any atom is 0.122 e. The summed E-state index contributed by atoms with van der Waals surface area (Å²) in [5.41, 5.74) is 6.48. The molecule has 0 aliphatic rings. The quantitative estimate of drug-likeness (QED) is 0.354. The van der Waals surface area contributed by atoms with Gasteiger partial charge in [0.1, 0.15) is 5.75 Å². The van der Waals surface area contributed by atoms with Gasteiger partial charge in [-0.1, -0.05) is 69.2 Å². The molecule has 0 atom stereocenters. The van der Waals surface area contributed by atoms with Gasteiger partial charge in [-0.3, -0.25) is 0 Å². The fourth-order valence-electron chi connectivity index (χ4n) is 2.93. The summed E-state index contributed by atoms with van der Waals surface area (Å²) in [4.78, 5) is 0. The van der Waals surface area contributed by atoms with Crippen LogP contribution < -0.4 is 4.74 Å². The van der Waals surface area contributed by atoms with E-state index in [1.54, 1.807) is 0 Å². The Kier molecular flexibility index (Phi) is 7.78. The van der Waals surface area contributed by atoms with Crippen molar-refractivity contribution in [3.8, 4) is 5.75 Å². The fraction of sp³-hybridized carbons (Fsp3) is 0.417. The molecule has 0 aromatic heterocycles. The first kappa shape index (κ1) is 19.3. The topological polar surface area (TPSA) is 9.23 Å². The number of benzene rings is 2. The van der Waals surface area contributed by atoms with Crippen molar-refractivity contribution < 1.29 is 4.74 Å². The van der Waals surface area contributed by atoms with Gasteiger partial charge in [0.25, 0.3) is 0 Å². The van der Waals surface area contributed by atoms with Crippen LogP contribution in [-0.4, -0.2) is 6.61 Å². The lowest BCUT2D eigenvalue weighted by Gasteiger charge is -2.12. The van der Waals surface area contributed by atoms with Crippen LogP contribution in [0.3, 0.4) is 0 Å². The highest BCUT2D eigenvalue weighted by molar-refractivity contribution is 5.72. The summed E-state index contributed by atoms with van der Waals surface area (Å²) in [6.07, 6.45) is 10.5. The summed E-state index contributed by atoms with van der Waals surface area (Å²) >= 11 is 0. The third-order valence-electron chi connectivity index (χ3n) is 4.75. The lowest BCUT2D eigenvalue weighted by Crippen LogP contribution is -1.99. The molecule has 2 rings (SSSR count).